The minimum Gasteiger partial charge on any atom is -0.489 e. The number of anilines is 1. The number of ether oxygens (including phenoxy) is 1. The van der Waals surface area contributed by atoms with Gasteiger partial charge in [0.15, 0.2) is 0 Å². The zero-order valence-electron chi connectivity index (χ0n) is 15.9. The third-order valence-electron chi connectivity index (χ3n) is 4.56. The van der Waals surface area contributed by atoms with E-state index in [-0.39, 0.29) is 5.57 Å². The lowest BCUT2D eigenvalue weighted by atomic mass is 10.1. The molecule has 0 unspecified atom stereocenters. The van der Waals surface area contributed by atoms with Gasteiger partial charge in [-0.1, -0.05) is 60.7 Å². The summed E-state index contributed by atoms with van der Waals surface area (Å²) in [7, 11) is 0. The van der Waals surface area contributed by atoms with Crippen LogP contribution >= 0.6 is 0 Å². The number of barbiturate groups is 1. The molecule has 4 rings (SSSR count). The number of benzene rings is 3. The monoisotopic (exact) mass is 398 g/mol. The molecule has 3 aromatic carbocycles. The van der Waals surface area contributed by atoms with E-state index in [1.165, 1.54) is 6.08 Å². The predicted octanol–water partition coefficient (Wildman–Crippen LogP) is 3.93. The Balaban J connectivity index is 1.53. The van der Waals surface area contributed by atoms with Crippen molar-refractivity contribution >= 4 is 29.6 Å². The maximum Gasteiger partial charge on any atom is 0.335 e. The fraction of sp³-hybridized carbons (Fsp3) is 0.0417. The van der Waals surface area contributed by atoms with Crippen molar-refractivity contribution in [3.05, 3.63) is 102 Å². The number of hydrogen-bond acceptors (Lipinski definition) is 4. The van der Waals surface area contributed by atoms with Gasteiger partial charge in [-0.05, 0) is 41.5 Å². The molecule has 0 radical (unpaired) electrons. The normalized spacial score (nSPS) is 15.3. The van der Waals surface area contributed by atoms with Crippen LogP contribution in [0.1, 0.15) is 11.1 Å². The van der Waals surface area contributed by atoms with Crippen LogP contribution in [0, 0.1) is 0 Å². The number of nitrogens with one attached hydrogen (secondary N) is 1. The first-order valence-corrected chi connectivity index (χ1v) is 9.35. The quantitative estimate of drug-likeness (QED) is 0.522. The van der Waals surface area contributed by atoms with Crippen LogP contribution in [-0.2, 0) is 16.2 Å². The molecule has 1 aliphatic heterocycles. The molecule has 1 N–H and O–H groups in total. The summed E-state index contributed by atoms with van der Waals surface area (Å²) in [5.41, 5.74) is 1.96. The van der Waals surface area contributed by atoms with E-state index in [1.807, 2.05) is 36.4 Å². The summed E-state index contributed by atoms with van der Waals surface area (Å²) in [5, 5.41) is 2.22. The fourth-order valence-corrected chi connectivity index (χ4v) is 3.04. The van der Waals surface area contributed by atoms with Crippen LogP contribution in [0.15, 0.2) is 90.5 Å². The minimum absolute atomic E-state index is 0.106. The summed E-state index contributed by atoms with van der Waals surface area (Å²) < 4.78 is 5.74. The van der Waals surface area contributed by atoms with Gasteiger partial charge >= 0.3 is 6.03 Å². The summed E-state index contributed by atoms with van der Waals surface area (Å²) in [5.74, 6) is -0.790. The molecule has 0 atom stereocenters. The topological polar surface area (TPSA) is 75.7 Å². The van der Waals surface area contributed by atoms with Gasteiger partial charge in [0.1, 0.15) is 17.9 Å². The van der Waals surface area contributed by atoms with E-state index in [0.29, 0.717) is 23.6 Å². The summed E-state index contributed by atoms with van der Waals surface area (Å²) in [6.45, 7) is 0.405. The van der Waals surface area contributed by atoms with Crippen molar-refractivity contribution < 1.29 is 19.1 Å². The SMILES string of the molecule is O=C1NC(=O)N(c2ccc(OCc3ccccc3)cc2)C(=O)/C1=C\c1ccccc1. The highest BCUT2D eigenvalue weighted by molar-refractivity contribution is 6.39. The van der Waals surface area contributed by atoms with E-state index in [2.05, 4.69) is 5.32 Å². The maximum absolute atomic E-state index is 12.9. The van der Waals surface area contributed by atoms with Crippen LogP contribution in [-0.4, -0.2) is 17.8 Å². The summed E-state index contributed by atoms with van der Waals surface area (Å²) >= 11 is 0. The van der Waals surface area contributed by atoms with E-state index in [0.717, 1.165) is 10.5 Å². The number of hydrogen-bond donors (Lipinski definition) is 1. The van der Waals surface area contributed by atoms with Gasteiger partial charge in [-0.15, -0.1) is 0 Å². The highest BCUT2D eigenvalue weighted by Crippen LogP contribution is 2.24. The van der Waals surface area contributed by atoms with E-state index >= 15 is 0 Å². The molecule has 0 aromatic heterocycles. The minimum atomic E-state index is -0.784. The fourth-order valence-electron chi connectivity index (χ4n) is 3.04. The average molecular weight is 398 g/mol. The first-order chi connectivity index (χ1) is 14.6. The van der Waals surface area contributed by atoms with Gasteiger partial charge in [-0.25, -0.2) is 9.69 Å². The van der Waals surface area contributed by atoms with Crippen LogP contribution in [0.2, 0.25) is 0 Å². The molecule has 4 amide bonds. The number of nitrogens with zero attached hydrogens (tertiary/aromatic N) is 1. The average Bonchev–Trinajstić information content (AvgIpc) is 2.77. The molecular weight excluding hydrogens is 380 g/mol. The predicted molar refractivity (Wildman–Crippen MR) is 113 cm³/mol. The van der Waals surface area contributed by atoms with Gasteiger partial charge in [0.05, 0.1) is 5.69 Å². The van der Waals surface area contributed by atoms with Gasteiger partial charge in [0.2, 0.25) is 0 Å². The Morgan fingerprint density at radius 2 is 1.43 bits per heavy atom. The lowest BCUT2D eigenvalue weighted by molar-refractivity contribution is -0.122. The van der Waals surface area contributed by atoms with Gasteiger partial charge in [0.25, 0.3) is 11.8 Å². The van der Waals surface area contributed by atoms with Gasteiger partial charge in [-0.3, -0.25) is 14.9 Å². The number of carbonyl (C=O) groups is 3. The Morgan fingerprint density at radius 1 is 0.800 bits per heavy atom. The Hall–Kier alpha value is -4.19. The Kier molecular flexibility index (Phi) is 5.39. The highest BCUT2D eigenvalue weighted by atomic mass is 16.5. The number of carbonyl (C=O) groups excluding carboxylic acids is 3. The van der Waals surface area contributed by atoms with Crippen molar-refractivity contribution in [1.29, 1.82) is 0 Å². The number of amides is 4. The molecule has 0 bridgehead atoms. The first kappa shape index (κ1) is 19.1. The number of urea groups is 1. The van der Waals surface area contributed by atoms with Gasteiger partial charge < -0.3 is 4.74 Å². The molecule has 6 nitrogen and oxygen atoms in total. The lowest BCUT2D eigenvalue weighted by Gasteiger charge is -2.26. The molecule has 0 saturated carbocycles. The third-order valence-corrected chi connectivity index (χ3v) is 4.56. The zero-order valence-corrected chi connectivity index (χ0v) is 15.9. The Bertz CT molecular complexity index is 1110. The van der Waals surface area contributed by atoms with Crippen LogP contribution < -0.4 is 15.0 Å². The third kappa shape index (κ3) is 4.12. The molecule has 0 aliphatic carbocycles. The maximum atomic E-state index is 12.9. The van der Waals surface area contributed by atoms with E-state index in [9.17, 15) is 14.4 Å². The lowest BCUT2D eigenvalue weighted by Crippen LogP contribution is -2.54. The van der Waals surface area contributed by atoms with Crippen molar-refractivity contribution in [1.82, 2.24) is 5.32 Å². The van der Waals surface area contributed by atoms with Crippen LogP contribution in [0.3, 0.4) is 0 Å². The molecule has 6 heteroatoms. The number of rotatable bonds is 5. The van der Waals surface area contributed by atoms with Gasteiger partial charge in [-0.2, -0.15) is 0 Å². The van der Waals surface area contributed by atoms with Crippen LogP contribution in [0.5, 0.6) is 5.75 Å². The summed E-state index contributed by atoms with van der Waals surface area (Å²) in [6.07, 6.45) is 1.47. The van der Waals surface area contributed by atoms with E-state index < -0.39 is 17.8 Å². The van der Waals surface area contributed by atoms with Crippen LogP contribution in [0.4, 0.5) is 10.5 Å². The Morgan fingerprint density at radius 3 is 2.10 bits per heavy atom. The molecule has 1 saturated heterocycles. The molecule has 1 heterocycles. The van der Waals surface area contributed by atoms with E-state index in [4.69, 9.17) is 4.74 Å². The standard InChI is InChI=1S/C24H18N2O4/c27-22-21(15-17-7-3-1-4-8-17)23(28)26(24(29)25-22)19-11-13-20(14-12-19)30-16-18-9-5-2-6-10-18/h1-15H,16H2,(H,25,27,29)/b21-15-. The number of imide groups is 2. The molecule has 1 aliphatic rings. The van der Waals surface area contributed by atoms with E-state index in [1.54, 1.807) is 48.5 Å². The van der Waals surface area contributed by atoms with Crippen molar-refractivity contribution in [2.75, 3.05) is 4.90 Å². The second-order valence-corrected chi connectivity index (χ2v) is 6.64. The molecule has 30 heavy (non-hydrogen) atoms. The van der Waals surface area contributed by atoms with Crippen molar-refractivity contribution in [3.63, 3.8) is 0 Å². The van der Waals surface area contributed by atoms with Crippen LogP contribution in [0.25, 0.3) is 6.08 Å². The van der Waals surface area contributed by atoms with Crippen molar-refractivity contribution in [3.8, 4) is 5.75 Å². The van der Waals surface area contributed by atoms with Gasteiger partial charge in [0, 0.05) is 0 Å². The second-order valence-electron chi connectivity index (χ2n) is 6.64. The molecular formula is C24H18N2O4. The van der Waals surface area contributed by atoms with Crippen molar-refractivity contribution in [2.45, 2.75) is 6.61 Å². The highest BCUT2D eigenvalue weighted by Gasteiger charge is 2.36. The molecule has 0 spiro atoms. The first-order valence-electron chi connectivity index (χ1n) is 9.35. The molecule has 1 fully saturated rings. The van der Waals surface area contributed by atoms with Crippen molar-refractivity contribution in [2.24, 2.45) is 0 Å². The second kappa shape index (κ2) is 8.45. The molecule has 3 aromatic rings. The summed E-state index contributed by atoms with van der Waals surface area (Å²) in [4.78, 5) is 38.4. The smallest absolute Gasteiger partial charge is 0.335 e. The molecule has 148 valence electrons. The Labute approximate surface area is 173 Å². The zero-order chi connectivity index (χ0) is 20.9. The summed E-state index contributed by atoms with van der Waals surface area (Å²) in [6, 6.07) is 24.5. The largest absolute Gasteiger partial charge is 0.489 e.